The smallest absolute Gasteiger partial charge is 0.338 e. The normalized spacial score (nSPS) is 12.5. The third-order valence-corrected chi connectivity index (χ3v) is 7.36. The fourth-order valence-electron chi connectivity index (χ4n) is 2.86. The Morgan fingerprint density at radius 3 is 2.26 bits per heavy atom. The fraction of sp³-hybridized carbons (Fsp3) is 0.333. The molecule has 2 aromatic rings. The van der Waals surface area contributed by atoms with Gasteiger partial charge in [0.25, 0.3) is 5.91 Å². The molecular weight excluding hydrogens is 463 g/mol. The Balaban J connectivity index is 2.05. The van der Waals surface area contributed by atoms with Crippen LogP contribution in [0.2, 0.25) is 10.0 Å². The number of benzene rings is 2. The van der Waals surface area contributed by atoms with Gasteiger partial charge in [-0.1, -0.05) is 49.2 Å². The van der Waals surface area contributed by atoms with Crippen molar-refractivity contribution in [2.45, 2.75) is 31.7 Å². The lowest BCUT2D eigenvalue weighted by Crippen LogP contribution is -2.31. The molecule has 0 heterocycles. The highest BCUT2D eigenvalue weighted by atomic mass is 35.5. The topological polar surface area (TPSA) is 92.8 Å². The standard InChI is InChI=1S/C21H24Cl2N2O5S/c1-4-25(5-2)31(28,29)19-12-16(8-11-18(19)23)21(27)30-13-20(26)24-14(3)15-6-9-17(22)10-7-15/h6-12,14H,4-5,13H2,1-3H3,(H,24,26). The molecule has 0 radical (unpaired) electrons. The van der Waals surface area contributed by atoms with Crippen LogP contribution >= 0.6 is 23.2 Å². The highest BCUT2D eigenvalue weighted by molar-refractivity contribution is 7.89. The number of nitrogens with one attached hydrogen (secondary N) is 1. The summed E-state index contributed by atoms with van der Waals surface area (Å²) in [5.41, 5.74) is 0.821. The number of carbonyl (C=O) groups excluding carboxylic acids is 2. The first-order chi connectivity index (χ1) is 14.6. The second kappa shape index (κ2) is 10.9. The summed E-state index contributed by atoms with van der Waals surface area (Å²) < 4.78 is 31.8. The van der Waals surface area contributed by atoms with Crippen molar-refractivity contribution in [2.24, 2.45) is 0 Å². The number of rotatable bonds is 9. The van der Waals surface area contributed by atoms with Gasteiger partial charge >= 0.3 is 5.97 Å². The molecule has 0 saturated carbocycles. The summed E-state index contributed by atoms with van der Waals surface area (Å²) in [6.07, 6.45) is 0. The van der Waals surface area contributed by atoms with Crippen molar-refractivity contribution in [2.75, 3.05) is 19.7 Å². The Morgan fingerprint density at radius 2 is 1.68 bits per heavy atom. The zero-order valence-corrected chi connectivity index (χ0v) is 19.7. The monoisotopic (exact) mass is 486 g/mol. The number of sulfonamides is 1. The molecule has 7 nitrogen and oxygen atoms in total. The average molecular weight is 487 g/mol. The van der Waals surface area contributed by atoms with E-state index in [2.05, 4.69) is 5.32 Å². The minimum Gasteiger partial charge on any atom is -0.452 e. The Kier molecular flexibility index (Phi) is 8.88. The molecule has 31 heavy (non-hydrogen) atoms. The molecule has 10 heteroatoms. The molecule has 2 rings (SSSR count). The number of nitrogens with zero attached hydrogens (tertiary/aromatic N) is 1. The summed E-state index contributed by atoms with van der Waals surface area (Å²) >= 11 is 11.9. The third-order valence-electron chi connectivity index (χ3n) is 4.57. The van der Waals surface area contributed by atoms with Crippen LogP contribution in [0.25, 0.3) is 0 Å². The van der Waals surface area contributed by atoms with Crippen molar-refractivity contribution < 1.29 is 22.7 Å². The molecule has 1 unspecified atom stereocenters. The van der Waals surface area contributed by atoms with E-state index in [1.807, 2.05) is 0 Å². The maximum Gasteiger partial charge on any atom is 0.338 e. The lowest BCUT2D eigenvalue weighted by molar-refractivity contribution is -0.124. The van der Waals surface area contributed by atoms with Crippen LogP contribution in [0.5, 0.6) is 0 Å². The van der Waals surface area contributed by atoms with E-state index in [9.17, 15) is 18.0 Å². The van der Waals surface area contributed by atoms with Gasteiger partial charge in [-0.05, 0) is 42.8 Å². The molecule has 0 spiro atoms. The lowest BCUT2D eigenvalue weighted by Gasteiger charge is -2.19. The molecule has 0 saturated heterocycles. The first-order valence-corrected chi connectivity index (χ1v) is 11.8. The van der Waals surface area contributed by atoms with Crippen LogP contribution in [-0.4, -0.2) is 44.3 Å². The lowest BCUT2D eigenvalue weighted by atomic mass is 10.1. The van der Waals surface area contributed by atoms with Gasteiger partial charge in [-0.2, -0.15) is 4.31 Å². The van der Waals surface area contributed by atoms with Crippen LogP contribution in [0.1, 0.15) is 42.7 Å². The molecule has 0 aromatic heterocycles. The number of hydrogen-bond acceptors (Lipinski definition) is 5. The molecular formula is C21H24Cl2N2O5S. The maximum absolute atomic E-state index is 12.8. The van der Waals surface area contributed by atoms with Crippen LogP contribution in [0, 0.1) is 0 Å². The third kappa shape index (κ3) is 6.43. The Bertz CT molecular complexity index is 1040. The van der Waals surface area contributed by atoms with E-state index in [-0.39, 0.29) is 34.6 Å². The van der Waals surface area contributed by atoms with Gasteiger partial charge in [0, 0.05) is 18.1 Å². The van der Waals surface area contributed by atoms with Gasteiger partial charge in [-0.25, -0.2) is 13.2 Å². The van der Waals surface area contributed by atoms with Gasteiger partial charge in [0.05, 0.1) is 16.6 Å². The predicted octanol–water partition coefficient (Wildman–Crippen LogP) is 4.06. The molecule has 0 aliphatic heterocycles. The van der Waals surface area contributed by atoms with E-state index >= 15 is 0 Å². The second-order valence-electron chi connectivity index (χ2n) is 6.65. The summed E-state index contributed by atoms with van der Waals surface area (Å²) in [7, 11) is -3.86. The molecule has 0 bridgehead atoms. The number of esters is 1. The van der Waals surface area contributed by atoms with Crippen LogP contribution in [0.4, 0.5) is 0 Å². The molecule has 168 valence electrons. The van der Waals surface area contributed by atoms with Crippen molar-refractivity contribution in [1.29, 1.82) is 0 Å². The minimum atomic E-state index is -3.86. The SMILES string of the molecule is CCN(CC)S(=O)(=O)c1cc(C(=O)OCC(=O)NC(C)c2ccc(Cl)cc2)ccc1Cl. The van der Waals surface area contributed by atoms with Crippen molar-refractivity contribution in [3.63, 3.8) is 0 Å². The largest absolute Gasteiger partial charge is 0.452 e. The van der Waals surface area contributed by atoms with Crippen LogP contribution in [-0.2, 0) is 19.6 Å². The van der Waals surface area contributed by atoms with Gasteiger partial charge in [-0.3, -0.25) is 4.79 Å². The van der Waals surface area contributed by atoms with E-state index in [1.165, 1.54) is 16.4 Å². The quantitative estimate of drug-likeness (QED) is 0.539. The number of halogens is 2. The summed E-state index contributed by atoms with van der Waals surface area (Å²) in [4.78, 5) is 24.3. The number of ether oxygens (including phenoxy) is 1. The second-order valence-corrected chi connectivity index (χ2v) is 9.40. The van der Waals surface area contributed by atoms with Gasteiger partial charge in [0.1, 0.15) is 4.90 Å². The van der Waals surface area contributed by atoms with E-state index in [4.69, 9.17) is 27.9 Å². The van der Waals surface area contributed by atoms with Gasteiger partial charge in [-0.15, -0.1) is 0 Å². The molecule has 0 aliphatic rings. The van der Waals surface area contributed by atoms with Crippen molar-refractivity contribution in [3.05, 3.63) is 63.6 Å². The van der Waals surface area contributed by atoms with Gasteiger partial charge in [0.15, 0.2) is 6.61 Å². The number of carbonyl (C=O) groups is 2. The average Bonchev–Trinajstić information content (AvgIpc) is 2.73. The van der Waals surface area contributed by atoms with E-state index < -0.39 is 28.5 Å². The number of amides is 1. The van der Waals surface area contributed by atoms with Gasteiger partial charge in [0.2, 0.25) is 10.0 Å². The van der Waals surface area contributed by atoms with E-state index in [0.717, 1.165) is 11.6 Å². The molecule has 1 N–H and O–H groups in total. The molecule has 1 atom stereocenters. The van der Waals surface area contributed by atoms with Crippen molar-refractivity contribution >= 4 is 45.1 Å². The first-order valence-electron chi connectivity index (χ1n) is 9.61. The van der Waals surface area contributed by atoms with Crippen molar-refractivity contribution in [3.8, 4) is 0 Å². The fourth-order valence-corrected chi connectivity index (χ4v) is 4.95. The maximum atomic E-state index is 12.8. The zero-order valence-electron chi connectivity index (χ0n) is 17.4. The van der Waals surface area contributed by atoms with E-state index in [0.29, 0.717) is 5.02 Å². The molecule has 1 amide bonds. The molecule has 0 fully saturated rings. The summed E-state index contributed by atoms with van der Waals surface area (Å²) in [6.45, 7) is 5.20. The van der Waals surface area contributed by atoms with Crippen LogP contribution < -0.4 is 5.32 Å². The highest BCUT2D eigenvalue weighted by Crippen LogP contribution is 2.26. The summed E-state index contributed by atoms with van der Waals surface area (Å²) in [5, 5.41) is 3.30. The van der Waals surface area contributed by atoms with E-state index in [1.54, 1.807) is 45.0 Å². The molecule has 2 aromatic carbocycles. The van der Waals surface area contributed by atoms with Gasteiger partial charge < -0.3 is 10.1 Å². The van der Waals surface area contributed by atoms with Crippen LogP contribution in [0.15, 0.2) is 47.4 Å². The van der Waals surface area contributed by atoms with Crippen LogP contribution in [0.3, 0.4) is 0 Å². The Labute approximate surface area is 192 Å². The molecule has 0 aliphatic carbocycles. The zero-order chi connectivity index (χ0) is 23.2. The van der Waals surface area contributed by atoms with Crippen molar-refractivity contribution in [1.82, 2.24) is 9.62 Å². The summed E-state index contributed by atoms with van der Waals surface area (Å²) in [6, 6.07) is 10.5. The summed E-state index contributed by atoms with van der Waals surface area (Å²) in [5.74, 6) is -1.33. The Morgan fingerprint density at radius 1 is 1.06 bits per heavy atom. The number of hydrogen-bond donors (Lipinski definition) is 1. The first kappa shape index (κ1) is 25.1. The Hall–Kier alpha value is -2.13. The highest BCUT2D eigenvalue weighted by Gasteiger charge is 2.26. The minimum absolute atomic E-state index is 0.00187. The predicted molar refractivity (Wildman–Crippen MR) is 120 cm³/mol.